The highest BCUT2D eigenvalue weighted by Gasteiger charge is 2.21. The summed E-state index contributed by atoms with van der Waals surface area (Å²) in [7, 11) is 2.14. The standard InChI is InChI=1S/C18H27N9/c1-3-15-21-17(24-18(22-15)27-10-8-26(2)9-11-27)23-16-13(6-7-20-25-16)12-19-14-4-5-14/h6-7,14,19H,3-5,8-12H2,1-2H3,(H,21,22,23,24,25). The molecule has 0 spiro atoms. The van der Waals surface area contributed by atoms with Crippen molar-refractivity contribution in [2.24, 2.45) is 0 Å². The van der Waals surface area contributed by atoms with E-state index in [0.29, 0.717) is 17.8 Å². The van der Waals surface area contributed by atoms with Gasteiger partial charge in [-0.05, 0) is 26.0 Å². The molecule has 144 valence electrons. The maximum absolute atomic E-state index is 4.66. The zero-order chi connectivity index (χ0) is 18.6. The summed E-state index contributed by atoms with van der Waals surface area (Å²) < 4.78 is 0. The number of nitrogens with zero attached hydrogens (tertiary/aromatic N) is 7. The maximum Gasteiger partial charge on any atom is 0.233 e. The Morgan fingerprint density at radius 3 is 2.67 bits per heavy atom. The summed E-state index contributed by atoms with van der Waals surface area (Å²) in [5.74, 6) is 2.74. The third kappa shape index (κ3) is 4.67. The molecule has 27 heavy (non-hydrogen) atoms. The molecule has 4 rings (SSSR count). The second kappa shape index (κ2) is 8.10. The lowest BCUT2D eigenvalue weighted by Crippen LogP contribution is -2.45. The highest BCUT2D eigenvalue weighted by atomic mass is 15.3. The monoisotopic (exact) mass is 369 g/mol. The van der Waals surface area contributed by atoms with Crippen molar-refractivity contribution in [2.75, 3.05) is 43.4 Å². The van der Waals surface area contributed by atoms with E-state index in [-0.39, 0.29) is 0 Å². The number of piperazine rings is 1. The van der Waals surface area contributed by atoms with Crippen molar-refractivity contribution in [1.82, 2.24) is 35.4 Å². The third-order valence-corrected chi connectivity index (χ3v) is 4.97. The fourth-order valence-corrected chi connectivity index (χ4v) is 3.02. The molecule has 0 bridgehead atoms. The molecule has 2 aromatic rings. The van der Waals surface area contributed by atoms with Crippen molar-refractivity contribution in [3.8, 4) is 0 Å². The molecule has 3 heterocycles. The molecule has 1 aliphatic carbocycles. The number of nitrogens with one attached hydrogen (secondary N) is 2. The summed E-state index contributed by atoms with van der Waals surface area (Å²) in [6.45, 7) is 6.68. The number of rotatable bonds is 7. The van der Waals surface area contributed by atoms with Gasteiger partial charge in [-0.25, -0.2) is 0 Å². The normalized spacial score (nSPS) is 17.9. The van der Waals surface area contributed by atoms with Gasteiger partial charge >= 0.3 is 0 Å². The van der Waals surface area contributed by atoms with Crippen LogP contribution in [0.2, 0.25) is 0 Å². The smallest absolute Gasteiger partial charge is 0.233 e. The Labute approximate surface area is 159 Å². The van der Waals surface area contributed by atoms with Crippen LogP contribution in [0.3, 0.4) is 0 Å². The van der Waals surface area contributed by atoms with Gasteiger partial charge in [0, 0.05) is 50.7 Å². The largest absolute Gasteiger partial charge is 0.338 e. The first kappa shape index (κ1) is 18.0. The van der Waals surface area contributed by atoms with Crippen LogP contribution in [-0.4, -0.2) is 69.3 Å². The van der Waals surface area contributed by atoms with Gasteiger partial charge in [0.1, 0.15) is 5.82 Å². The Bertz CT molecular complexity index is 769. The van der Waals surface area contributed by atoms with Crippen molar-refractivity contribution >= 4 is 17.7 Å². The van der Waals surface area contributed by atoms with Gasteiger partial charge < -0.3 is 20.4 Å². The Hall–Kier alpha value is -2.39. The Balaban J connectivity index is 1.53. The predicted octanol–water partition coefficient (Wildman–Crippen LogP) is 0.971. The highest BCUT2D eigenvalue weighted by molar-refractivity contribution is 5.53. The number of aromatic nitrogens is 5. The van der Waals surface area contributed by atoms with Crippen LogP contribution < -0.4 is 15.5 Å². The van der Waals surface area contributed by atoms with Crippen LogP contribution in [-0.2, 0) is 13.0 Å². The average molecular weight is 369 g/mol. The van der Waals surface area contributed by atoms with Crippen LogP contribution >= 0.6 is 0 Å². The predicted molar refractivity (Wildman–Crippen MR) is 104 cm³/mol. The average Bonchev–Trinajstić information content (AvgIpc) is 3.52. The molecule has 9 nitrogen and oxygen atoms in total. The summed E-state index contributed by atoms with van der Waals surface area (Å²) in [5, 5.41) is 15.1. The minimum absolute atomic E-state index is 0.531. The molecule has 1 saturated heterocycles. The lowest BCUT2D eigenvalue weighted by Gasteiger charge is -2.32. The van der Waals surface area contributed by atoms with Crippen LogP contribution in [0.15, 0.2) is 12.3 Å². The van der Waals surface area contributed by atoms with Gasteiger partial charge in [-0.1, -0.05) is 6.92 Å². The molecule has 0 amide bonds. The Kier molecular flexibility index (Phi) is 5.40. The van der Waals surface area contributed by atoms with Crippen LogP contribution in [0.25, 0.3) is 0 Å². The molecule has 2 aliphatic rings. The lowest BCUT2D eigenvalue weighted by molar-refractivity contribution is 0.311. The van der Waals surface area contributed by atoms with E-state index in [1.165, 1.54) is 12.8 Å². The van der Waals surface area contributed by atoms with E-state index >= 15 is 0 Å². The van der Waals surface area contributed by atoms with Crippen LogP contribution in [0.1, 0.15) is 31.2 Å². The highest BCUT2D eigenvalue weighted by Crippen LogP contribution is 2.22. The summed E-state index contributed by atoms with van der Waals surface area (Å²) in [4.78, 5) is 18.4. The minimum Gasteiger partial charge on any atom is -0.338 e. The van der Waals surface area contributed by atoms with Crippen molar-refractivity contribution in [1.29, 1.82) is 0 Å². The number of likely N-dealkylation sites (N-methyl/N-ethyl adjacent to an activating group) is 1. The zero-order valence-electron chi connectivity index (χ0n) is 16.0. The van der Waals surface area contributed by atoms with E-state index in [9.17, 15) is 0 Å². The number of aryl methyl sites for hydroxylation is 1. The molecule has 1 saturated carbocycles. The second-order valence-electron chi connectivity index (χ2n) is 7.20. The number of hydrogen-bond acceptors (Lipinski definition) is 9. The molecule has 2 aromatic heterocycles. The molecular formula is C18H27N9. The first-order chi connectivity index (χ1) is 13.2. The molecule has 0 radical (unpaired) electrons. The van der Waals surface area contributed by atoms with Crippen LogP contribution in [0.5, 0.6) is 0 Å². The van der Waals surface area contributed by atoms with Gasteiger partial charge in [0.15, 0.2) is 5.82 Å². The van der Waals surface area contributed by atoms with E-state index in [0.717, 1.165) is 56.5 Å². The van der Waals surface area contributed by atoms with E-state index in [1.54, 1.807) is 6.20 Å². The zero-order valence-corrected chi connectivity index (χ0v) is 16.0. The van der Waals surface area contributed by atoms with Crippen LogP contribution in [0.4, 0.5) is 17.7 Å². The first-order valence-electron chi connectivity index (χ1n) is 9.70. The SMILES string of the molecule is CCc1nc(Nc2nnccc2CNC2CC2)nc(N2CCN(C)CC2)n1. The van der Waals surface area contributed by atoms with Gasteiger partial charge in [-0.15, -0.1) is 5.10 Å². The lowest BCUT2D eigenvalue weighted by atomic mass is 10.2. The molecule has 0 aromatic carbocycles. The number of hydrogen-bond donors (Lipinski definition) is 2. The molecular weight excluding hydrogens is 342 g/mol. The summed E-state index contributed by atoms with van der Waals surface area (Å²) >= 11 is 0. The van der Waals surface area contributed by atoms with Gasteiger partial charge in [0.2, 0.25) is 11.9 Å². The van der Waals surface area contributed by atoms with Gasteiger partial charge in [0.05, 0.1) is 6.20 Å². The van der Waals surface area contributed by atoms with E-state index in [4.69, 9.17) is 0 Å². The fourth-order valence-electron chi connectivity index (χ4n) is 3.02. The van der Waals surface area contributed by atoms with Crippen LogP contribution in [0, 0.1) is 0 Å². The van der Waals surface area contributed by atoms with E-state index < -0.39 is 0 Å². The molecule has 0 atom stereocenters. The molecule has 9 heteroatoms. The van der Waals surface area contributed by atoms with Crippen molar-refractivity contribution < 1.29 is 0 Å². The third-order valence-electron chi connectivity index (χ3n) is 4.97. The quantitative estimate of drug-likeness (QED) is 0.740. The number of anilines is 3. The molecule has 2 fully saturated rings. The molecule has 0 unspecified atom stereocenters. The Morgan fingerprint density at radius 1 is 1.11 bits per heavy atom. The topological polar surface area (TPSA) is 95.0 Å². The van der Waals surface area contributed by atoms with Gasteiger partial charge in [-0.2, -0.15) is 20.1 Å². The van der Waals surface area contributed by atoms with Gasteiger partial charge in [0.25, 0.3) is 0 Å². The van der Waals surface area contributed by atoms with Crippen molar-refractivity contribution in [3.63, 3.8) is 0 Å². The summed E-state index contributed by atoms with van der Waals surface area (Å²) in [5.41, 5.74) is 1.07. The summed E-state index contributed by atoms with van der Waals surface area (Å²) in [6.07, 6.45) is 4.98. The van der Waals surface area contributed by atoms with E-state index in [1.807, 2.05) is 6.07 Å². The molecule has 2 N–H and O–H groups in total. The summed E-state index contributed by atoms with van der Waals surface area (Å²) in [6, 6.07) is 2.62. The first-order valence-corrected chi connectivity index (χ1v) is 9.70. The Morgan fingerprint density at radius 2 is 1.93 bits per heavy atom. The van der Waals surface area contributed by atoms with E-state index in [2.05, 4.69) is 59.6 Å². The molecule has 1 aliphatic heterocycles. The fraction of sp³-hybridized carbons (Fsp3) is 0.611. The van der Waals surface area contributed by atoms with Gasteiger partial charge in [-0.3, -0.25) is 0 Å². The van der Waals surface area contributed by atoms with Crippen molar-refractivity contribution in [2.45, 2.75) is 38.8 Å². The van der Waals surface area contributed by atoms with Crippen molar-refractivity contribution in [3.05, 3.63) is 23.7 Å². The maximum atomic E-state index is 4.66. The second-order valence-corrected chi connectivity index (χ2v) is 7.20. The minimum atomic E-state index is 0.531.